The van der Waals surface area contributed by atoms with Gasteiger partial charge in [0.25, 0.3) is 5.91 Å². The number of para-hydroxylation sites is 1. The van der Waals surface area contributed by atoms with Crippen molar-refractivity contribution in [2.24, 2.45) is 0 Å². The van der Waals surface area contributed by atoms with Gasteiger partial charge in [-0.2, -0.15) is 0 Å². The summed E-state index contributed by atoms with van der Waals surface area (Å²) in [4.78, 5) is 31.3. The molecule has 0 unspecified atom stereocenters. The molecule has 1 aromatic carbocycles. The van der Waals surface area contributed by atoms with E-state index >= 15 is 0 Å². The van der Waals surface area contributed by atoms with Gasteiger partial charge in [0.2, 0.25) is 5.91 Å². The molecule has 0 atom stereocenters. The molecule has 0 aliphatic carbocycles. The minimum absolute atomic E-state index is 0.0912. The molecule has 0 fully saturated rings. The number of benzene rings is 1. The lowest BCUT2D eigenvalue weighted by molar-refractivity contribution is -0.175. The zero-order valence-corrected chi connectivity index (χ0v) is 15.0. The molecule has 6 heteroatoms. The third-order valence-corrected chi connectivity index (χ3v) is 3.85. The number of carbonyl (C=O) groups is 2. The Bertz CT molecular complexity index is 526. The number of aryl methyl sites for hydroxylation is 2. The average Bonchev–Trinajstić information content (AvgIpc) is 2.58. The molecular formula is C17H25ClN2O3. The maximum Gasteiger partial charge on any atom is 0.265 e. The van der Waals surface area contributed by atoms with Gasteiger partial charge in [0.15, 0.2) is 0 Å². The summed E-state index contributed by atoms with van der Waals surface area (Å²) in [7, 11) is 1.54. The lowest BCUT2D eigenvalue weighted by Crippen LogP contribution is -2.43. The second-order valence-electron chi connectivity index (χ2n) is 5.05. The number of anilines is 1. The summed E-state index contributed by atoms with van der Waals surface area (Å²) in [6, 6.07) is 5.91. The number of alkyl halides is 1. The summed E-state index contributed by atoms with van der Waals surface area (Å²) in [5.41, 5.74) is 2.84. The van der Waals surface area contributed by atoms with Crippen molar-refractivity contribution in [2.75, 3.05) is 31.0 Å². The fourth-order valence-corrected chi connectivity index (χ4v) is 2.57. The summed E-state index contributed by atoms with van der Waals surface area (Å²) in [6.45, 7) is 6.14. The van der Waals surface area contributed by atoms with Crippen LogP contribution < -0.4 is 4.90 Å². The summed E-state index contributed by atoms with van der Waals surface area (Å²) in [5, 5.41) is 1.16. The van der Waals surface area contributed by atoms with E-state index in [0.29, 0.717) is 6.61 Å². The van der Waals surface area contributed by atoms with Crippen molar-refractivity contribution < 1.29 is 14.4 Å². The Hall–Kier alpha value is -1.59. The molecule has 1 aromatic rings. The molecule has 0 aromatic heterocycles. The van der Waals surface area contributed by atoms with Gasteiger partial charge in [-0.3, -0.25) is 14.4 Å². The number of hydroxylamine groups is 2. The molecule has 23 heavy (non-hydrogen) atoms. The molecule has 0 spiro atoms. The number of rotatable bonds is 8. The van der Waals surface area contributed by atoms with Crippen molar-refractivity contribution in [1.82, 2.24) is 5.06 Å². The molecule has 0 aliphatic heterocycles. The molecule has 0 saturated heterocycles. The summed E-state index contributed by atoms with van der Waals surface area (Å²) in [5.74, 6) is -0.758. The molecular weight excluding hydrogens is 316 g/mol. The van der Waals surface area contributed by atoms with E-state index in [9.17, 15) is 9.59 Å². The SMILES string of the molecule is CCON(C)C(=O)CN(C(=O)CCl)c1c(CC)cccc1CC. The Balaban J connectivity index is 3.23. The van der Waals surface area contributed by atoms with Crippen molar-refractivity contribution in [3.8, 4) is 0 Å². The first-order chi connectivity index (χ1) is 11.0. The van der Waals surface area contributed by atoms with E-state index in [1.54, 1.807) is 14.0 Å². The highest BCUT2D eigenvalue weighted by Gasteiger charge is 2.24. The van der Waals surface area contributed by atoms with Crippen LogP contribution in [0.1, 0.15) is 31.9 Å². The van der Waals surface area contributed by atoms with Gasteiger partial charge < -0.3 is 4.90 Å². The van der Waals surface area contributed by atoms with E-state index in [0.717, 1.165) is 34.7 Å². The summed E-state index contributed by atoms with van der Waals surface area (Å²) >= 11 is 5.76. The number of hydrogen-bond acceptors (Lipinski definition) is 3. The van der Waals surface area contributed by atoms with Gasteiger partial charge in [0.1, 0.15) is 12.4 Å². The van der Waals surface area contributed by atoms with Crippen molar-refractivity contribution >= 4 is 29.1 Å². The first-order valence-corrected chi connectivity index (χ1v) is 8.40. The van der Waals surface area contributed by atoms with Crippen LogP contribution in [-0.4, -0.2) is 43.0 Å². The zero-order chi connectivity index (χ0) is 17.4. The van der Waals surface area contributed by atoms with Crippen LogP contribution in [0.25, 0.3) is 0 Å². The molecule has 128 valence electrons. The maximum absolute atomic E-state index is 12.3. The zero-order valence-electron chi connectivity index (χ0n) is 14.3. The largest absolute Gasteiger partial charge is 0.301 e. The monoisotopic (exact) mass is 340 g/mol. The van der Waals surface area contributed by atoms with Gasteiger partial charge in [0, 0.05) is 7.05 Å². The predicted octanol–water partition coefficient (Wildman–Crippen LogP) is 2.79. The van der Waals surface area contributed by atoms with Gasteiger partial charge in [-0.1, -0.05) is 32.0 Å². The van der Waals surface area contributed by atoms with E-state index in [-0.39, 0.29) is 24.2 Å². The number of carbonyl (C=O) groups excluding carboxylic acids is 2. The van der Waals surface area contributed by atoms with Gasteiger partial charge in [-0.05, 0) is 30.9 Å². The normalized spacial score (nSPS) is 10.5. The number of likely N-dealkylation sites (N-methyl/N-ethyl adjacent to an activating group) is 1. The minimum Gasteiger partial charge on any atom is -0.301 e. The number of halogens is 1. The van der Waals surface area contributed by atoms with Crippen LogP contribution in [0.3, 0.4) is 0 Å². The van der Waals surface area contributed by atoms with Gasteiger partial charge in [-0.15, -0.1) is 11.6 Å². The topological polar surface area (TPSA) is 49.9 Å². The molecule has 0 N–H and O–H groups in total. The van der Waals surface area contributed by atoms with Gasteiger partial charge in [-0.25, -0.2) is 5.06 Å². The number of nitrogens with zero attached hydrogens (tertiary/aromatic N) is 2. The van der Waals surface area contributed by atoms with Crippen LogP contribution in [0, 0.1) is 0 Å². The molecule has 0 saturated carbocycles. The third-order valence-electron chi connectivity index (χ3n) is 3.62. The number of amides is 2. The Labute approximate surface area is 143 Å². The van der Waals surface area contributed by atoms with Crippen LogP contribution in [0.2, 0.25) is 0 Å². The molecule has 0 aliphatic rings. The highest BCUT2D eigenvalue weighted by atomic mass is 35.5. The second-order valence-corrected chi connectivity index (χ2v) is 5.32. The first kappa shape index (κ1) is 19.5. The predicted molar refractivity (Wildman–Crippen MR) is 92.7 cm³/mol. The Morgan fingerprint density at radius 1 is 1.09 bits per heavy atom. The van der Waals surface area contributed by atoms with Crippen LogP contribution in [0.5, 0.6) is 0 Å². The van der Waals surface area contributed by atoms with E-state index < -0.39 is 0 Å². The molecule has 1 rings (SSSR count). The van der Waals surface area contributed by atoms with Crippen molar-refractivity contribution in [2.45, 2.75) is 33.6 Å². The lowest BCUT2D eigenvalue weighted by Gasteiger charge is -2.28. The van der Waals surface area contributed by atoms with E-state index in [1.165, 1.54) is 4.90 Å². The van der Waals surface area contributed by atoms with Crippen LogP contribution >= 0.6 is 11.6 Å². The Kier molecular flexibility index (Phi) is 8.06. The van der Waals surface area contributed by atoms with Crippen LogP contribution in [0.4, 0.5) is 5.69 Å². The second kappa shape index (κ2) is 9.53. The van der Waals surface area contributed by atoms with Crippen molar-refractivity contribution in [3.63, 3.8) is 0 Å². The molecule has 0 heterocycles. The van der Waals surface area contributed by atoms with Gasteiger partial charge in [0.05, 0.1) is 12.3 Å². The highest BCUT2D eigenvalue weighted by molar-refractivity contribution is 6.29. The minimum atomic E-state index is -0.293. The van der Waals surface area contributed by atoms with E-state index in [1.807, 2.05) is 32.0 Å². The van der Waals surface area contributed by atoms with E-state index in [2.05, 4.69) is 0 Å². The van der Waals surface area contributed by atoms with E-state index in [4.69, 9.17) is 16.4 Å². The molecule has 0 bridgehead atoms. The standard InChI is InChI=1S/C17H25ClN2O3/c1-5-13-9-8-10-14(6-2)17(13)20(15(21)11-18)12-16(22)19(4)23-7-3/h8-10H,5-7,11-12H2,1-4H3. The Morgan fingerprint density at radius 2 is 1.65 bits per heavy atom. The Morgan fingerprint density at radius 3 is 2.09 bits per heavy atom. The number of hydrogen-bond donors (Lipinski definition) is 0. The fourth-order valence-electron chi connectivity index (χ4n) is 2.43. The summed E-state index contributed by atoms with van der Waals surface area (Å²) < 4.78 is 0. The smallest absolute Gasteiger partial charge is 0.265 e. The van der Waals surface area contributed by atoms with Crippen LogP contribution in [-0.2, 0) is 27.3 Å². The fraction of sp³-hybridized carbons (Fsp3) is 0.529. The lowest BCUT2D eigenvalue weighted by atomic mass is 10.0. The van der Waals surface area contributed by atoms with Gasteiger partial charge >= 0.3 is 0 Å². The quantitative estimate of drug-likeness (QED) is 0.540. The third kappa shape index (κ3) is 4.94. The van der Waals surface area contributed by atoms with Crippen LogP contribution in [0.15, 0.2) is 18.2 Å². The van der Waals surface area contributed by atoms with Crippen molar-refractivity contribution in [1.29, 1.82) is 0 Å². The maximum atomic E-state index is 12.3. The first-order valence-electron chi connectivity index (χ1n) is 7.86. The van der Waals surface area contributed by atoms with Crippen molar-refractivity contribution in [3.05, 3.63) is 29.3 Å². The summed E-state index contributed by atoms with van der Waals surface area (Å²) in [6.07, 6.45) is 1.54. The molecule has 0 radical (unpaired) electrons. The highest BCUT2D eigenvalue weighted by Crippen LogP contribution is 2.27. The molecule has 5 nitrogen and oxygen atoms in total. The molecule has 2 amide bonds. The average molecular weight is 341 g/mol.